The monoisotopic (exact) mass is 361 g/mol. The number of hydrogen-bond donors (Lipinski definition) is 2. The first-order valence-electron chi connectivity index (χ1n) is 8.06. The summed E-state index contributed by atoms with van der Waals surface area (Å²) in [7, 11) is 1.62. The second kappa shape index (κ2) is 6.74. The lowest BCUT2D eigenvalue weighted by molar-refractivity contribution is 0.0931. The highest BCUT2D eigenvalue weighted by atomic mass is 32.2. The number of nitrogens with zero attached hydrogens (tertiary/aromatic N) is 1. The lowest BCUT2D eigenvalue weighted by atomic mass is 9.95. The minimum atomic E-state index is 0.0189. The van der Waals surface area contributed by atoms with E-state index in [4.69, 9.17) is 4.74 Å². The molecule has 2 N–H and O–H groups in total. The maximum Gasteiger partial charge on any atom is 0.273 e. The van der Waals surface area contributed by atoms with Gasteiger partial charge >= 0.3 is 0 Å². The number of aromatic nitrogens is 1. The number of carbonyl (C=O) groups excluding carboxylic acids is 1. The summed E-state index contributed by atoms with van der Waals surface area (Å²) in [6, 6.07) is 9.04. The average Bonchev–Trinajstić information content (AvgIpc) is 3.32. The number of benzene rings is 1. The van der Waals surface area contributed by atoms with Crippen LogP contribution in [-0.2, 0) is 0 Å². The fourth-order valence-electron chi connectivity index (χ4n) is 3.41. The fraction of sp³-hybridized carbons (Fsp3) is 0.412. The third-order valence-electron chi connectivity index (χ3n) is 4.59. The Morgan fingerprint density at radius 2 is 2.21 bits per heavy atom. The number of rotatable bonds is 5. The van der Waals surface area contributed by atoms with E-state index in [-0.39, 0.29) is 11.9 Å². The zero-order chi connectivity index (χ0) is 16.5. The molecule has 126 valence electrons. The molecule has 2 saturated heterocycles. The molecule has 3 atom stereocenters. The van der Waals surface area contributed by atoms with Crippen LogP contribution in [-0.4, -0.2) is 36.1 Å². The van der Waals surface area contributed by atoms with E-state index in [1.165, 1.54) is 24.2 Å². The van der Waals surface area contributed by atoms with E-state index >= 15 is 0 Å². The Morgan fingerprint density at radius 3 is 2.83 bits per heavy atom. The largest absolute Gasteiger partial charge is 0.473 e. The molecule has 1 aromatic carbocycles. The van der Waals surface area contributed by atoms with E-state index in [0.29, 0.717) is 22.8 Å². The Labute approximate surface area is 149 Å². The average molecular weight is 361 g/mol. The van der Waals surface area contributed by atoms with Crippen molar-refractivity contribution in [3.8, 4) is 5.19 Å². The molecule has 0 unspecified atom stereocenters. The summed E-state index contributed by atoms with van der Waals surface area (Å²) >= 11 is 3.13. The van der Waals surface area contributed by atoms with Crippen molar-refractivity contribution >= 4 is 29.0 Å². The number of thiazole rings is 1. The molecule has 2 fully saturated rings. The highest BCUT2D eigenvalue weighted by Gasteiger charge is 2.39. The van der Waals surface area contributed by atoms with Crippen LogP contribution in [0.25, 0.3) is 0 Å². The zero-order valence-electron chi connectivity index (χ0n) is 13.3. The summed E-state index contributed by atoms with van der Waals surface area (Å²) in [6.45, 7) is 0. The maximum atomic E-state index is 12.4. The SMILES string of the molecule is COc1ncc(Sc2ccc(C(=O)N[C@@H]3C[C@H]4CC[C@@H]3N4)cc2)s1. The van der Waals surface area contributed by atoms with E-state index in [1.807, 2.05) is 24.3 Å². The molecule has 1 amide bonds. The molecule has 0 saturated carbocycles. The summed E-state index contributed by atoms with van der Waals surface area (Å²) in [5.74, 6) is 0.0189. The molecule has 7 heteroatoms. The molecule has 2 aliphatic rings. The van der Waals surface area contributed by atoms with E-state index in [9.17, 15) is 4.79 Å². The van der Waals surface area contributed by atoms with Crippen molar-refractivity contribution in [1.82, 2.24) is 15.6 Å². The van der Waals surface area contributed by atoms with Crippen molar-refractivity contribution in [2.75, 3.05) is 7.11 Å². The summed E-state index contributed by atoms with van der Waals surface area (Å²) < 4.78 is 6.17. The van der Waals surface area contributed by atoms with Gasteiger partial charge in [0.1, 0.15) is 0 Å². The number of nitrogens with one attached hydrogen (secondary N) is 2. The van der Waals surface area contributed by atoms with Crippen LogP contribution < -0.4 is 15.4 Å². The first kappa shape index (κ1) is 15.9. The van der Waals surface area contributed by atoms with Crippen molar-refractivity contribution in [2.24, 2.45) is 0 Å². The third-order valence-corrected chi connectivity index (χ3v) is 6.66. The standard InChI is InChI=1S/C17H19N3O2S2/c1-22-17-18-9-15(24-17)23-12-5-2-10(3-6-12)16(21)20-14-8-11-4-7-13(14)19-11/h2-3,5-6,9,11,13-14,19H,4,7-8H2,1H3,(H,20,21)/t11-,13+,14-/m1/s1. The minimum Gasteiger partial charge on any atom is -0.473 e. The van der Waals surface area contributed by atoms with Gasteiger partial charge in [-0.15, -0.1) is 0 Å². The van der Waals surface area contributed by atoms with Crippen LogP contribution in [0.15, 0.2) is 39.6 Å². The number of ether oxygens (including phenoxy) is 1. The Bertz CT molecular complexity index is 732. The molecule has 0 aliphatic carbocycles. The number of hydrogen-bond acceptors (Lipinski definition) is 6. The van der Waals surface area contributed by atoms with Gasteiger partial charge in [-0.05, 0) is 43.5 Å². The normalized spacial score (nSPS) is 25.0. The van der Waals surface area contributed by atoms with Gasteiger partial charge in [0.25, 0.3) is 11.1 Å². The molecule has 2 aromatic rings. The molecule has 2 aliphatic heterocycles. The van der Waals surface area contributed by atoms with Crippen LogP contribution >= 0.6 is 23.1 Å². The van der Waals surface area contributed by atoms with Crippen molar-refractivity contribution < 1.29 is 9.53 Å². The molecule has 1 aromatic heterocycles. The quantitative estimate of drug-likeness (QED) is 0.857. The lowest BCUT2D eigenvalue weighted by Crippen LogP contribution is -2.42. The molecule has 4 rings (SSSR count). The van der Waals surface area contributed by atoms with Crippen LogP contribution in [0.5, 0.6) is 5.19 Å². The molecule has 2 bridgehead atoms. The van der Waals surface area contributed by atoms with Gasteiger partial charge in [0, 0.05) is 28.6 Å². The number of amides is 1. The van der Waals surface area contributed by atoms with Crippen LogP contribution in [0.4, 0.5) is 0 Å². The van der Waals surface area contributed by atoms with E-state index in [2.05, 4.69) is 15.6 Å². The van der Waals surface area contributed by atoms with Crippen LogP contribution in [0, 0.1) is 0 Å². The molecular weight excluding hydrogens is 342 g/mol. The molecule has 0 spiro atoms. The Kier molecular flexibility index (Phi) is 4.47. The third kappa shape index (κ3) is 3.29. The van der Waals surface area contributed by atoms with Gasteiger partial charge in [-0.2, -0.15) is 0 Å². The molecule has 5 nitrogen and oxygen atoms in total. The first-order chi connectivity index (χ1) is 11.7. The highest BCUT2D eigenvalue weighted by molar-refractivity contribution is 8.01. The number of carbonyl (C=O) groups is 1. The minimum absolute atomic E-state index is 0.0189. The van der Waals surface area contributed by atoms with Gasteiger partial charge in [-0.3, -0.25) is 4.79 Å². The van der Waals surface area contributed by atoms with Crippen LogP contribution in [0.1, 0.15) is 29.6 Å². The second-order valence-corrected chi connectivity index (χ2v) is 8.51. The molecule has 3 heterocycles. The van der Waals surface area contributed by atoms with Crippen molar-refractivity contribution in [1.29, 1.82) is 0 Å². The van der Waals surface area contributed by atoms with E-state index in [1.54, 1.807) is 25.1 Å². The fourth-order valence-corrected chi connectivity index (χ4v) is 5.16. The van der Waals surface area contributed by atoms with Gasteiger partial charge in [0.15, 0.2) is 0 Å². The number of methoxy groups -OCH3 is 1. The molecule has 0 radical (unpaired) electrons. The predicted octanol–water partition coefficient (Wildman–Crippen LogP) is 2.93. The zero-order valence-corrected chi connectivity index (χ0v) is 15.0. The Balaban J connectivity index is 1.37. The van der Waals surface area contributed by atoms with Gasteiger partial charge in [-0.25, -0.2) is 4.98 Å². The number of fused-ring (bicyclic) bond motifs is 2. The van der Waals surface area contributed by atoms with Gasteiger partial charge in [-0.1, -0.05) is 23.1 Å². The summed E-state index contributed by atoms with van der Waals surface area (Å²) in [5.41, 5.74) is 0.712. The second-order valence-electron chi connectivity index (χ2n) is 6.14. The first-order valence-corrected chi connectivity index (χ1v) is 9.69. The summed E-state index contributed by atoms with van der Waals surface area (Å²) in [5, 5.41) is 7.38. The smallest absolute Gasteiger partial charge is 0.273 e. The van der Waals surface area contributed by atoms with Crippen molar-refractivity contribution in [2.45, 2.75) is 46.5 Å². The lowest BCUT2D eigenvalue weighted by Gasteiger charge is -2.21. The van der Waals surface area contributed by atoms with Crippen LogP contribution in [0.3, 0.4) is 0 Å². The van der Waals surface area contributed by atoms with E-state index < -0.39 is 0 Å². The van der Waals surface area contributed by atoms with Crippen molar-refractivity contribution in [3.05, 3.63) is 36.0 Å². The van der Waals surface area contributed by atoms with E-state index in [0.717, 1.165) is 15.5 Å². The maximum absolute atomic E-state index is 12.4. The van der Waals surface area contributed by atoms with Gasteiger partial charge in [0.05, 0.1) is 17.5 Å². The predicted molar refractivity (Wildman–Crippen MR) is 95.0 cm³/mol. The van der Waals surface area contributed by atoms with Gasteiger partial charge in [0.2, 0.25) is 0 Å². The van der Waals surface area contributed by atoms with Gasteiger partial charge < -0.3 is 15.4 Å². The Morgan fingerprint density at radius 1 is 1.38 bits per heavy atom. The summed E-state index contributed by atoms with van der Waals surface area (Å²) in [4.78, 5) is 17.7. The highest BCUT2D eigenvalue weighted by Crippen LogP contribution is 2.35. The summed E-state index contributed by atoms with van der Waals surface area (Å²) in [6.07, 6.45) is 5.27. The topological polar surface area (TPSA) is 63.2 Å². The Hall–Kier alpha value is -1.57. The molecular formula is C17H19N3O2S2. The van der Waals surface area contributed by atoms with Crippen LogP contribution in [0.2, 0.25) is 0 Å². The van der Waals surface area contributed by atoms with Crippen molar-refractivity contribution in [3.63, 3.8) is 0 Å². The molecule has 24 heavy (non-hydrogen) atoms.